The molecule has 10 heteroatoms. The average molecular weight is 387 g/mol. The molecule has 6 unspecified atom stereocenters. The van der Waals surface area contributed by atoms with Crippen molar-refractivity contribution in [2.45, 2.75) is 56.2 Å². The molecule has 154 valence electrons. The van der Waals surface area contributed by atoms with Gasteiger partial charge in [-0.25, -0.2) is 15.2 Å². The fourth-order valence-corrected chi connectivity index (χ4v) is 4.15. The monoisotopic (exact) mass is 387 g/mol. The maximum atomic E-state index is 14.3. The van der Waals surface area contributed by atoms with Gasteiger partial charge in [-0.1, -0.05) is 0 Å². The number of ether oxygens (including phenoxy) is 2. The Bertz CT molecular complexity index is 525. The molecule has 3 aliphatic rings. The SMILES string of the molecule is COC(=O)C1CC(OC)C(F)CC1NC(=O)C1CCC(N2CCNC2)NN1. The third-order valence-electron chi connectivity index (χ3n) is 5.79. The number of hydrazine groups is 1. The van der Waals surface area contributed by atoms with Crippen molar-refractivity contribution in [3.8, 4) is 0 Å². The lowest BCUT2D eigenvalue weighted by Gasteiger charge is -2.38. The summed E-state index contributed by atoms with van der Waals surface area (Å²) in [6, 6.07) is -1.03. The van der Waals surface area contributed by atoms with Gasteiger partial charge in [0.15, 0.2) is 0 Å². The van der Waals surface area contributed by atoms with Crippen LogP contribution in [0.3, 0.4) is 0 Å². The Hall–Kier alpha value is -1.33. The fraction of sp³-hybridized carbons (Fsp3) is 0.882. The molecule has 27 heavy (non-hydrogen) atoms. The van der Waals surface area contributed by atoms with Crippen molar-refractivity contribution in [3.63, 3.8) is 0 Å². The van der Waals surface area contributed by atoms with Gasteiger partial charge in [0.25, 0.3) is 0 Å². The molecule has 9 nitrogen and oxygen atoms in total. The van der Waals surface area contributed by atoms with Crippen molar-refractivity contribution in [2.75, 3.05) is 34.0 Å². The first-order valence-corrected chi connectivity index (χ1v) is 9.54. The number of nitrogens with one attached hydrogen (secondary N) is 4. The molecule has 0 aromatic heterocycles. The minimum atomic E-state index is -1.23. The summed E-state index contributed by atoms with van der Waals surface area (Å²) in [5, 5.41) is 6.13. The van der Waals surface area contributed by atoms with Gasteiger partial charge in [0.1, 0.15) is 12.2 Å². The number of amides is 1. The van der Waals surface area contributed by atoms with Crippen LogP contribution in [0.5, 0.6) is 0 Å². The van der Waals surface area contributed by atoms with E-state index < -0.39 is 36.2 Å². The van der Waals surface area contributed by atoms with E-state index in [0.717, 1.165) is 26.2 Å². The van der Waals surface area contributed by atoms with E-state index in [1.165, 1.54) is 14.2 Å². The van der Waals surface area contributed by atoms with E-state index >= 15 is 0 Å². The number of carbonyl (C=O) groups is 2. The van der Waals surface area contributed by atoms with Gasteiger partial charge < -0.3 is 20.1 Å². The Morgan fingerprint density at radius 1 is 1.19 bits per heavy atom. The van der Waals surface area contributed by atoms with E-state index in [4.69, 9.17) is 9.47 Å². The first kappa shape index (κ1) is 20.4. The van der Waals surface area contributed by atoms with Crippen LogP contribution < -0.4 is 21.5 Å². The second kappa shape index (κ2) is 9.24. The highest BCUT2D eigenvalue weighted by Gasteiger charge is 2.43. The van der Waals surface area contributed by atoms with E-state index in [-0.39, 0.29) is 24.9 Å². The third kappa shape index (κ3) is 4.75. The van der Waals surface area contributed by atoms with Gasteiger partial charge >= 0.3 is 5.97 Å². The minimum absolute atomic E-state index is 0.0340. The van der Waals surface area contributed by atoms with Gasteiger partial charge in [-0.3, -0.25) is 14.5 Å². The molecule has 3 rings (SSSR count). The summed E-state index contributed by atoms with van der Waals surface area (Å²) in [4.78, 5) is 27.0. The van der Waals surface area contributed by atoms with Crippen LogP contribution in [-0.4, -0.2) is 81.3 Å². The summed E-state index contributed by atoms with van der Waals surface area (Å²) in [6.07, 6.45) is 0.00330. The minimum Gasteiger partial charge on any atom is -0.469 e. The molecular formula is C17H30FN5O4. The van der Waals surface area contributed by atoms with Crippen LogP contribution in [-0.2, 0) is 19.1 Å². The van der Waals surface area contributed by atoms with E-state index in [0.29, 0.717) is 6.42 Å². The first-order valence-electron chi connectivity index (χ1n) is 9.54. The number of nitrogens with zero attached hydrogens (tertiary/aromatic N) is 1. The standard InChI is InChI=1S/C17H30FN5O4/c1-26-14-7-10(17(25)27-2)13(8-11(14)18)20-16(24)12-3-4-15(22-21-12)23-6-5-19-9-23/h10-15,19,21-22H,3-9H2,1-2H3,(H,20,24). The number of hydrogen-bond acceptors (Lipinski definition) is 8. The van der Waals surface area contributed by atoms with Gasteiger partial charge in [0.2, 0.25) is 5.91 Å². The largest absolute Gasteiger partial charge is 0.469 e. The van der Waals surface area contributed by atoms with Crippen molar-refractivity contribution in [1.29, 1.82) is 0 Å². The lowest BCUT2D eigenvalue weighted by Crippen LogP contribution is -2.63. The van der Waals surface area contributed by atoms with Crippen LogP contribution in [0.1, 0.15) is 25.7 Å². The van der Waals surface area contributed by atoms with Gasteiger partial charge in [-0.2, -0.15) is 0 Å². The maximum absolute atomic E-state index is 14.3. The second-order valence-corrected chi connectivity index (χ2v) is 7.41. The fourth-order valence-electron chi connectivity index (χ4n) is 4.15. The van der Waals surface area contributed by atoms with Crippen LogP contribution in [0.2, 0.25) is 0 Å². The predicted molar refractivity (Wildman–Crippen MR) is 95.0 cm³/mol. The van der Waals surface area contributed by atoms with Crippen molar-refractivity contribution in [2.24, 2.45) is 5.92 Å². The van der Waals surface area contributed by atoms with Gasteiger partial charge in [0.05, 0.1) is 25.3 Å². The molecule has 6 atom stereocenters. The number of rotatable bonds is 5. The zero-order valence-corrected chi connectivity index (χ0v) is 15.9. The molecule has 3 fully saturated rings. The summed E-state index contributed by atoms with van der Waals surface area (Å²) in [5.41, 5.74) is 6.25. The van der Waals surface area contributed by atoms with E-state index in [1.54, 1.807) is 0 Å². The van der Waals surface area contributed by atoms with Crippen LogP contribution in [0.15, 0.2) is 0 Å². The zero-order valence-electron chi connectivity index (χ0n) is 15.9. The molecule has 2 heterocycles. The Morgan fingerprint density at radius 3 is 2.59 bits per heavy atom. The molecule has 0 bridgehead atoms. The van der Waals surface area contributed by atoms with Crippen molar-refractivity contribution >= 4 is 11.9 Å². The Morgan fingerprint density at radius 2 is 2.00 bits per heavy atom. The molecule has 1 amide bonds. The highest BCUT2D eigenvalue weighted by atomic mass is 19.1. The van der Waals surface area contributed by atoms with Crippen molar-refractivity contribution in [3.05, 3.63) is 0 Å². The van der Waals surface area contributed by atoms with Crippen molar-refractivity contribution in [1.82, 2.24) is 26.4 Å². The van der Waals surface area contributed by atoms with Crippen LogP contribution in [0.4, 0.5) is 4.39 Å². The van der Waals surface area contributed by atoms with E-state index in [9.17, 15) is 14.0 Å². The number of halogens is 1. The molecule has 0 aromatic carbocycles. The Labute approximate surface area is 158 Å². The third-order valence-corrected chi connectivity index (χ3v) is 5.79. The van der Waals surface area contributed by atoms with E-state index in [1.807, 2.05) is 0 Å². The maximum Gasteiger partial charge on any atom is 0.310 e. The number of methoxy groups -OCH3 is 2. The number of hydrogen-bond donors (Lipinski definition) is 4. The Balaban J connectivity index is 1.54. The molecule has 0 radical (unpaired) electrons. The lowest BCUT2D eigenvalue weighted by atomic mass is 9.81. The number of esters is 1. The van der Waals surface area contributed by atoms with Crippen LogP contribution >= 0.6 is 0 Å². The van der Waals surface area contributed by atoms with Crippen molar-refractivity contribution < 1.29 is 23.5 Å². The highest BCUT2D eigenvalue weighted by molar-refractivity contribution is 5.83. The summed E-state index contributed by atoms with van der Waals surface area (Å²) in [7, 11) is 2.72. The molecule has 1 aliphatic carbocycles. The molecule has 4 N–H and O–H groups in total. The average Bonchev–Trinajstić information content (AvgIpc) is 3.22. The summed E-state index contributed by atoms with van der Waals surface area (Å²) < 4.78 is 24.3. The molecule has 0 spiro atoms. The summed E-state index contributed by atoms with van der Waals surface area (Å²) >= 11 is 0. The van der Waals surface area contributed by atoms with Gasteiger partial charge in [0, 0.05) is 39.3 Å². The molecule has 0 aromatic rings. The Kier molecular flexibility index (Phi) is 6.99. The van der Waals surface area contributed by atoms with E-state index in [2.05, 4.69) is 26.4 Å². The summed E-state index contributed by atoms with van der Waals surface area (Å²) in [5.74, 6) is -1.30. The smallest absolute Gasteiger partial charge is 0.310 e. The van der Waals surface area contributed by atoms with Crippen LogP contribution in [0.25, 0.3) is 0 Å². The predicted octanol–water partition coefficient (Wildman–Crippen LogP) is -1.15. The topological polar surface area (TPSA) is 104 Å². The number of carbonyl (C=O) groups excluding carboxylic acids is 2. The summed E-state index contributed by atoms with van der Waals surface area (Å²) in [6.45, 7) is 2.76. The quantitative estimate of drug-likeness (QED) is 0.439. The lowest BCUT2D eigenvalue weighted by molar-refractivity contribution is -0.151. The number of alkyl halides is 1. The van der Waals surface area contributed by atoms with Crippen LogP contribution in [0, 0.1) is 5.92 Å². The van der Waals surface area contributed by atoms with Gasteiger partial charge in [-0.05, 0) is 19.3 Å². The second-order valence-electron chi connectivity index (χ2n) is 7.41. The molecule has 2 saturated heterocycles. The molecule has 2 aliphatic heterocycles. The molecule has 1 saturated carbocycles. The van der Waals surface area contributed by atoms with Gasteiger partial charge in [-0.15, -0.1) is 0 Å². The highest BCUT2D eigenvalue weighted by Crippen LogP contribution is 2.30. The molecular weight excluding hydrogens is 357 g/mol. The first-order chi connectivity index (χ1) is 13.0. The normalized spacial score (nSPS) is 37.7. The zero-order chi connectivity index (χ0) is 19.4.